The van der Waals surface area contributed by atoms with Gasteiger partial charge in [-0.05, 0) is 5.92 Å². The van der Waals surface area contributed by atoms with Crippen LogP contribution in [0.4, 0.5) is 0 Å². The summed E-state index contributed by atoms with van der Waals surface area (Å²) in [7, 11) is 0. The number of hydrogen-bond acceptors (Lipinski definition) is 6. The third kappa shape index (κ3) is 21.0. The Morgan fingerprint density at radius 3 is 1.52 bits per heavy atom. The van der Waals surface area contributed by atoms with Crippen LogP contribution in [0.15, 0.2) is 0 Å². The molecule has 0 aliphatic heterocycles. The maximum absolute atomic E-state index is 10.3. The first-order chi connectivity index (χ1) is 13.1. The van der Waals surface area contributed by atoms with E-state index in [1.165, 1.54) is 83.5 Å². The van der Waals surface area contributed by atoms with Crippen LogP contribution in [0.5, 0.6) is 0 Å². The van der Waals surface area contributed by atoms with Crippen molar-refractivity contribution >= 4 is 11.9 Å². The molecule has 0 aromatic carbocycles. The van der Waals surface area contributed by atoms with Crippen molar-refractivity contribution in [2.24, 2.45) is 5.92 Å². The van der Waals surface area contributed by atoms with Crippen LogP contribution in [-0.4, -0.2) is 48.6 Å². The molecule has 0 amide bonds. The van der Waals surface area contributed by atoms with E-state index in [0.29, 0.717) is 0 Å². The normalized spacial score (nSPS) is 12.9. The fourth-order valence-corrected chi connectivity index (χ4v) is 2.73. The molecule has 0 atom stereocenters. The van der Waals surface area contributed by atoms with Crippen LogP contribution in [0, 0.1) is 5.92 Å². The van der Waals surface area contributed by atoms with Crippen molar-refractivity contribution in [3.8, 4) is 0 Å². The van der Waals surface area contributed by atoms with Crippen LogP contribution >= 0.6 is 0 Å². The number of rotatable bonds is 16. The van der Waals surface area contributed by atoms with Gasteiger partial charge in [-0.25, -0.2) is 9.59 Å². The number of aliphatic hydroxyl groups is 2. The summed E-state index contributed by atoms with van der Waals surface area (Å²) in [5, 5.41) is 16.3. The number of carbonyl (C=O) groups excluding carboxylic acids is 2. The van der Waals surface area contributed by atoms with Crippen LogP contribution < -0.4 is 0 Å². The number of unbranched alkanes of at least 4 members (excludes halogenated alkanes) is 9. The van der Waals surface area contributed by atoms with Gasteiger partial charge in [-0.15, -0.1) is 0 Å². The Morgan fingerprint density at radius 2 is 1.15 bits per heavy atom. The van der Waals surface area contributed by atoms with Crippen LogP contribution in [-0.2, 0) is 19.1 Å². The second-order valence-electron chi connectivity index (χ2n) is 7.17. The predicted octanol–water partition coefficient (Wildman–Crippen LogP) is 3.76. The van der Waals surface area contributed by atoms with Crippen molar-refractivity contribution in [3.05, 3.63) is 0 Å². The molecule has 160 valence electrons. The lowest BCUT2D eigenvalue weighted by Crippen LogP contribution is -2.17. The first kappa shape index (κ1) is 25.9. The summed E-state index contributed by atoms with van der Waals surface area (Å²) in [4.78, 5) is 20.5. The van der Waals surface area contributed by atoms with Gasteiger partial charge in [0.15, 0.2) is 0 Å². The average Bonchev–Trinajstić information content (AvgIpc) is 3.51. The van der Waals surface area contributed by atoms with E-state index in [1.54, 1.807) is 0 Å². The van der Waals surface area contributed by atoms with Crippen molar-refractivity contribution in [3.63, 3.8) is 0 Å². The zero-order valence-electron chi connectivity index (χ0n) is 17.1. The summed E-state index contributed by atoms with van der Waals surface area (Å²) in [6.45, 7) is 0.651. The highest BCUT2D eigenvalue weighted by Gasteiger charge is 2.19. The van der Waals surface area contributed by atoms with E-state index in [9.17, 15) is 9.59 Å². The van der Waals surface area contributed by atoms with Crippen molar-refractivity contribution in [1.29, 1.82) is 0 Å². The second kappa shape index (κ2) is 19.6. The third-order valence-corrected chi connectivity index (χ3v) is 4.53. The van der Waals surface area contributed by atoms with Gasteiger partial charge < -0.3 is 19.7 Å². The van der Waals surface area contributed by atoms with Crippen LogP contribution in [0.1, 0.15) is 90.4 Å². The van der Waals surface area contributed by atoms with Gasteiger partial charge in [-0.2, -0.15) is 0 Å². The molecule has 0 aromatic heterocycles. The van der Waals surface area contributed by atoms with E-state index in [-0.39, 0.29) is 13.2 Å². The van der Waals surface area contributed by atoms with Crippen molar-refractivity contribution in [2.75, 3.05) is 26.4 Å². The number of hydrogen-bond donors (Lipinski definition) is 2. The molecule has 2 N–H and O–H groups in total. The number of esters is 2. The molecule has 0 aromatic rings. The fourth-order valence-electron chi connectivity index (χ4n) is 2.73. The van der Waals surface area contributed by atoms with Gasteiger partial charge >= 0.3 is 11.9 Å². The summed E-state index contributed by atoms with van der Waals surface area (Å²) in [5.41, 5.74) is 0. The Labute approximate surface area is 164 Å². The molecule has 0 heterocycles. The lowest BCUT2D eigenvalue weighted by atomic mass is 10.1. The summed E-state index contributed by atoms with van der Waals surface area (Å²) >= 11 is 0. The minimum atomic E-state index is -0.782. The molecule has 0 saturated heterocycles. The molecule has 0 bridgehead atoms. The van der Waals surface area contributed by atoms with Gasteiger partial charge in [0, 0.05) is 0 Å². The maximum Gasteiger partial charge on any atom is 0.331 e. The van der Waals surface area contributed by atoms with Crippen molar-refractivity contribution in [1.82, 2.24) is 0 Å². The van der Waals surface area contributed by atoms with Gasteiger partial charge in [-0.3, -0.25) is 0 Å². The Bertz CT molecular complexity index is 337. The zero-order valence-corrected chi connectivity index (χ0v) is 17.1. The van der Waals surface area contributed by atoms with Crippen molar-refractivity contribution in [2.45, 2.75) is 90.4 Å². The Morgan fingerprint density at radius 1 is 0.741 bits per heavy atom. The topological polar surface area (TPSA) is 93.1 Å². The lowest BCUT2D eigenvalue weighted by Gasteiger charge is -2.03. The highest BCUT2D eigenvalue weighted by molar-refractivity contribution is 5.71. The molecule has 0 radical (unpaired) electrons. The predicted molar refractivity (Wildman–Crippen MR) is 105 cm³/mol. The Kier molecular flexibility index (Phi) is 18.8. The molecule has 27 heavy (non-hydrogen) atoms. The van der Waals surface area contributed by atoms with E-state index in [1.807, 2.05) is 0 Å². The number of carbonyl (C=O) groups is 2. The quantitative estimate of drug-likeness (QED) is 0.309. The first-order valence-corrected chi connectivity index (χ1v) is 10.7. The molecule has 1 saturated carbocycles. The monoisotopic (exact) mass is 388 g/mol. The number of aliphatic hydroxyl groups excluding tert-OH is 2. The van der Waals surface area contributed by atoms with E-state index in [4.69, 9.17) is 10.2 Å². The molecular weight excluding hydrogens is 348 g/mol. The Hall–Kier alpha value is -1.14. The van der Waals surface area contributed by atoms with Crippen LogP contribution in [0.2, 0.25) is 0 Å². The first-order valence-electron chi connectivity index (χ1n) is 10.7. The molecule has 6 nitrogen and oxygen atoms in total. The minimum absolute atomic E-state index is 0.120. The van der Waals surface area contributed by atoms with E-state index < -0.39 is 25.2 Å². The summed E-state index contributed by atoms with van der Waals surface area (Å²) in [6.07, 6.45) is 19.4. The zero-order chi connectivity index (χ0) is 20.2. The molecule has 1 rings (SSSR count). The highest BCUT2D eigenvalue weighted by Crippen LogP contribution is 2.34. The van der Waals surface area contributed by atoms with Gasteiger partial charge in [0.05, 0.1) is 0 Å². The fraction of sp³-hybridized carbons (Fsp3) is 0.905. The van der Waals surface area contributed by atoms with Gasteiger partial charge in [0.2, 0.25) is 0 Å². The van der Waals surface area contributed by atoms with Crippen molar-refractivity contribution < 1.29 is 29.3 Å². The molecule has 0 spiro atoms. The SMILES string of the molecule is CCCCCCCCCCCCC1CC1.O=C(CO)OCCOC(=O)CO. The molecule has 0 unspecified atom stereocenters. The van der Waals surface area contributed by atoms with Crippen LogP contribution in [0.3, 0.4) is 0 Å². The highest BCUT2D eigenvalue weighted by atomic mass is 16.6. The summed E-state index contributed by atoms with van der Waals surface area (Å²) in [6, 6.07) is 0. The standard InChI is InChI=1S/C15H30.C6H10O6/c1-2-3-4-5-6-7-8-9-10-11-12-15-13-14-15;7-3-5(9)11-1-2-12-6(10)4-8/h15H,2-14H2,1H3;7-8H,1-4H2. The molecule has 1 aliphatic rings. The Balaban J connectivity index is 0.000000516. The van der Waals surface area contributed by atoms with Gasteiger partial charge in [0.1, 0.15) is 26.4 Å². The maximum atomic E-state index is 10.3. The molecule has 6 heteroatoms. The average molecular weight is 389 g/mol. The second-order valence-corrected chi connectivity index (χ2v) is 7.17. The van der Waals surface area contributed by atoms with Crippen LogP contribution in [0.25, 0.3) is 0 Å². The van der Waals surface area contributed by atoms with E-state index >= 15 is 0 Å². The summed E-state index contributed by atoms with van der Waals surface area (Å²) < 4.78 is 8.68. The smallest absolute Gasteiger partial charge is 0.331 e. The van der Waals surface area contributed by atoms with E-state index in [0.717, 1.165) is 5.92 Å². The molecule has 1 aliphatic carbocycles. The minimum Gasteiger partial charge on any atom is -0.460 e. The largest absolute Gasteiger partial charge is 0.460 e. The third-order valence-electron chi connectivity index (χ3n) is 4.53. The lowest BCUT2D eigenvalue weighted by molar-refractivity contribution is -0.155. The molecule has 1 fully saturated rings. The van der Waals surface area contributed by atoms with Gasteiger partial charge in [-0.1, -0.05) is 90.4 Å². The molecular formula is C21H40O6. The number of ether oxygens (including phenoxy) is 2. The summed E-state index contributed by atoms with van der Waals surface area (Å²) in [5.74, 6) is -0.413. The van der Waals surface area contributed by atoms with E-state index in [2.05, 4.69) is 16.4 Å². The van der Waals surface area contributed by atoms with Gasteiger partial charge in [0.25, 0.3) is 0 Å².